The summed E-state index contributed by atoms with van der Waals surface area (Å²) < 4.78 is 40.7. The largest absolute Gasteiger partial charge is 0.416 e. The smallest absolute Gasteiger partial charge is 0.369 e. The molecule has 0 aliphatic heterocycles. The first-order valence-electron chi connectivity index (χ1n) is 9.61. The van der Waals surface area contributed by atoms with Gasteiger partial charge in [-0.1, -0.05) is 23.2 Å². The average molecular weight is 495 g/mol. The lowest BCUT2D eigenvalue weighted by Crippen LogP contribution is -2.29. The molecule has 1 aromatic carbocycles. The van der Waals surface area contributed by atoms with Crippen LogP contribution in [0.3, 0.4) is 0 Å². The lowest BCUT2D eigenvalue weighted by molar-refractivity contribution is -0.137. The highest BCUT2D eigenvalue weighted by atomic mass is 35.5. The number of benzene rings is 1. The van der Waals surface area contributed by atoms with E-state index in [9.17, 15) is 23.2 Å². The van der Waals surface area contributed by atoms with E-state index < -0.39 is 23.1 Å². The number of halogens is 5. The summed E-state index contributed by atoms with van der Waals surface area (Å²) in [5, 5.41) is 16.4. The standard InChI is InChI=1S/C21H15Cl2F3N6O/c22-13-7-12(21(24,25)26)8-14(23)17(13)32-18(30-10-11-1-5-29-6-2-11)16(15(9-27)31-32)20(3-4-20)19(28)33/h1-2,5-8,30H,3-4,10H2,(H2,28,33). The Kier molecular flexibility index (Phi) is 5.72. The van der Waals surface area contributed by atoms with Crippen LogP contribution in [0, 0.1) is 11.3 Å². The molecule has 1 aliphatic carbocycles. The second kappa shape index (κ2) is 8.24. The molecular formula is C21H15Cl2F3N6O. The number of alkyl halides is 3. The maximum atomic E-state index is 13.2. The molecule has 3 N–H and O–H groups in total. The van der Waals surface area contributed by atoms with E-state index in [2.05, 4.69) is 15.4 Å². The lowest BCUT2D eigenvalue weighted by atomic mass is 9.94. The predicted molar refractivity (Wildman–Crippen MR) is 115 cm³/mol. The van der Waals surface area contributed by atoms with E-state index in [0.29, 0.717) is 12.8 Å². The SMILES string of the molecule is N#Cc1nn(-c2c(Cl)cc(C(F)(F)F)cc2Cl)c(NCc2ccncc2)c1C1(C(N)=O)CC1. The molecular weight excluding hydrogens is 480 g/mol. The van der Waals surface area contributed by atoms with Gasteiger partial charge in [0.15, 0.2) is 5.69 Å². The van der Waals surface area contributed by atoms with Gasteiger partial charge in [0, 0.05) is 24.5 Å². The summed E-state index contributed by atoms with van der Waals surface area (Å²) in [5.41, 5.74) is 4.41. The number of primary amides is 1. The van der Waals surface area contributed by atoms with Gasteiger partial charge in [0.1, 0.15) is 17.6 Å². The summed E-state index contributed by atoms with van der Waals surface area (Å²) in [7, 11) is 0. The topological polar surface area (TPSA) is 110 Å². The molecule has 2 aromatic heterocycles. The summed E-state index contributed by atoms with van der Waals surface area (Å²) in [6.45, 7) is 0.233. The molecule has 0 saturated heterocycles. The van der Waals surface area contributed by atoms with Crippen molar-refractivity contribution in [3.05, 3.63) is 69.1 Å². The van der Waals surface area contributed by atoms with Crippen LogP contribution in [0.5, 0.6) is 0 Å². The molecule has 7 nitrogen and oxygen atoms in total. The van der Waals surface area contributed by atoms with E-state index in [1.165, 1.54) is 0 Å². The van der Waals surface area contributed by atoms with Gasteiger partial charge in [-0.3, -0.25) is 9.78 Å². The van der Waals surface area contributed by atoms with Gasteiger partial charge in [-0.25, -0.2) is 4.68 Å². The monoisotopic (exact) mass is 494 g/mol. The third-order valence-corrected chi connectivity index (χ3v) is 6.03. The molecule has 0 bridgehead atoms. The molecule has 1 saturated carbocycles. The van der Waals surface area contributed by atoms with Crippen molar-refractivity contribution in [3.63, 3.8) is 0 Å². The number of rotatable bonds is 6. The summed E-state index contributed by atoms with van der Waals surface area (Å²) in [6, 6.07) is 6.89. The molecule has 1 fully saturated rings. The highest BCUT2D eigenvalue weighted by Crippen LogP contribution is 2.52. The molecule has 0 spiro atoms. The zero-order chi connectivity index (χ0) is 24.0. The Morgan fingerprint density at radius 2 is 1.85 bits per heavy atom. The number of carbonyl (C=O) groups is 1. The van der Waals surface area contributed by atoms with Gasteiger partial charge < -0.3 is 11.1 Å². The minimum absolute atomic E-state index is 0.0633. The zero-order valence-corrected chi connectivity index (χ0v) is 18.3. The fourth-order valence-electron chi connectivity index (χ4n) is 3.64. The first-order valence-corrected chi connectivity index (χ1v) is 10.4. The van der Waals surface area contributed by atoms with Crippen molar-refractivity contribution in [1.82, 2.24) is 14.8 Å². The quantitative estimate of drug-likeness (QED) is 0.520. The van der Waals surface area contributed by atoms with Crippen LogP contribution in [-0.4, -0.2) is 20.7 Å². The molecule has 33 heavy (non-hydrogen) atoms. The number of nitriles is 1. The minimum atomic E-state index is -4.66. The van der Waals surface area contributed by atoms with Gasteiger partial charge in [0.05, 0.1) is 21.0 Å². The number of nitrogens with two attached hydrogens (primary N) is 1. The van der Waals surface area contributed by atoms with E-state index in [1.807, 2.05) is 6.07 Å². The summed E-state index contributed by atoms with van der Waals surface area (Å²) in [6.07, 6.45) is -0.676. The van der Waals surface area contributed by atoms with E-state index in [4.69, 9.17) is 28.9 Å². The number of carbonyl (C=O) groups excluding carboxylic acids is 1. The Bertz CT molecular complexity index is 1260. The number of nitrogens with zero attached hydrogens (tertiary/aromatic N) is 4. The van der Waals surface area contributed by atoms with Crippen LogP contribution in [-0.2, 0) is 22.9 Å². The Balaban J connectivity index is 1.91. The maximum absolute atomic E-state index is 13.2. The van der Waals surface area contributed by atoms with E-state index in [0.717, 1.165) is 22.4 Å². The highest BCUT2D eigenvalue weighted by Gasteiger charge is 2.54. The van der Waals surface area contributed by atoms with Crippen molar-refractivity contribution >= 4 is 34.9 Å². The zero-order valence-electron chi connectivity index (χ0n) is 16.7. The Labute approximate surface area is 195 Å². The van der Waals surface area contributed by atoms with Crippen LogP contribution in [0.15, 0.2) is 36.7 Å². The van der Waals surface area contributed by atoms with Gasteiger partial charge in [-0.05, 0) is 42.7 Å². The Morgan fingerprint density at radius 3 is 2.33 bits per heavy atom. The fraction of sp³-hybridized carbons (Fsp3) is 0.238. The van der Waals surface area contributed by atoms with E-state index in [1.54, 1.807) is 24.5 Å². The molecule has 3 aromatic rings. The number of nitrogens with one attached hydrogen (secondary N) is 1. The first-order chi connectivity index (χ1) is 15.6. The van der Waals surface area contributed by atoms with Crippen LogP contribution >= 0.6 is 23.2 Å². The predicted octanol–water partition coefficient (Wildman–Crippen LogP) is 4.59. The minimum Gasteiger partial charge on any atom is -0.369 e. The van der Waals surface area contributed by atoms with Crippen molar-refractivity contribution in [1.29, 1.82) is 5.26 Å². The molecule has 0 atom stereocenters. The van der Waals surface area contributed by atoms with Gasteiger partial charge in [0.2, 0.25) is 5.91 Å². The average Bonchev–Trinajstić information content (AvgIpc) is 3.48. The third-order valence-electron chi connectivity index (χ3n) is 5.46. The summed E-state index contributed by atoms with van der Waals surface area (Å²) >= 11 is 12.4. The van der Waals surface area contributed by atoms with E-state index >= 15 is 0 Å². The molecule has 1 amide bonds. The van der Waals surface area contributed by atoms with Crippen LogP contribution in [0.4, 0.5) is 19.0 Å². The second-order valence-corrected chi connectivity index (χ2v) is 8.35. The number of hydrogen-bond acceptors (Lipinski definition) is 5. The fourth-order valence-corrected chi connectivity index (χ4v) is 4.28. The third kappa shape index (κ3) is 4.10. The summed E-state index contributed by atoms with van der Waals surface area (Å²) in [4.78, 5) is 16.2. The normalized spacial score (nSPS) is 14.5. The molecule has 0 radical (unpaired) electrons. The van der Waals surface area contributed by atoms with Crippen LogP contribution in [0.2, 0.25) is 10.0 Å². The van der Waals surface area contributed by atoms with Gasteiger partial charge in [0.25, 0.3) is 0 Å². The van der Waals surface area contributed by atoms with Gasteiger partial charge in [-0.2, -0.15) is 23.5 Å². The van der Waals surface area contributed by atoms with Crippen molar-refractivity contribution in [2.75, 3.05) is 5.32 Å². The van der Waals surface area contributed by atoms with Crippen molar-refractivity contribution in [3.8, 4) is 11.8 Å². The number of pyridine rings is 1. The molecule has 2 heterocycles. The number of anilines is 1. The molecule has 0 unspecified atom stereocenters. The second-order valence-electron chi connectivity index (χ2n) is 7.54. The number of amides is 1. The van der Waals surface area contributed by atoms with Crippen molar-refractivity contribution in [2.45, 2.75) is 31.0 Å². The van der Waals surface area contributed by atoms with Crippen LogP contribution < -0.4 is 11.1 Å². The Hall–Kier alpha value is -3.29. The van der Waals surface area contributed by atoms with Crippen LogP contribution in [0.25, 0.3) is 5.69 Å². The molecule has 1 aliphatic rings. The van der Waals surface area contributed by atoms with Gasteiger partial charge >= 0.3 is 6.18 Å². The van der Waals surface area contributed by atoms with E-state index in [-0.39, 0.29) is 39.4 Å². The van der Waals surface area contributed by atoms with Crippen molar-refractivity contribution < 1.29 is 18.0 Å². The molecule has 4 rings (SSSR count). The lowest BCUT2D eigenvalue weighted by Gasteiger charge is -2.18. The maximum Gasteiger partial charge on any atom is 0.416 e. The highest BCUT2D eigenvalue weighted by molar-refractivity contribution is 6.38. The van der Waals surface area contributed by atoms with Crippen molar-refractivity contribution in [2.24, 2.45) is 5.73 Å². The molecule has 170 valence electrons. The van der Waals surface area contributed by atoms with Gasteiger partial charge in [-0.15, -0.1) is 0 Å². The number of aromatic nitrogens is 3. The Morgan fingerprint density at radius 1 is 1.24 bits per heavy atom. The first kappa shape index (κ1) is 22.9. The number of hydrogen-bond donors (Lipinski definition) is 2. The summed E-state index contributed by atoms with van der Waals surface area (Å²) in [5.74, 6) is -0.432. The molecule has 12 heteroatoms. The van der Waals surface area contributed by atoms with Crippen LogP contribution in [0.1, 0.15) is 35.2 Å².